The number of alkyl halides is 3. The zero-order valence-corrected chi connectivity index (χ0v) is 18.1. The number of aromatic amines is 1. The third kappa shape index (κ3) is 5.49. The number of fused-ring (bicyclic) bond motifs is 1. The van der Waals surface area contributed by atoms with Crippen molar-refractivity contribution in [3.8, 4) is 0 Å². The molecule has 2 aromatic carbocycles. The number of para-hydroxylation sites is 1. The van der Waals surface area contributed by atoms with Crippen molar-refractivity contribution in [3.63, 3.8) is 0 Å². The maximum absolute atomic E-state index is 13.3. The van der Waals surface area contributed by atoms with Crippen LogP contribution in [0.15, 0.2) is 48.7 Å². The molecule has 0 aliphatic heterocycles. The fourth-order valence-corrected chi connectivity index (χ4v) is 3.92. The molecule has 0 radical (unpaired) electrons. The molecule has 1 atom stereocenters. The standard InChI is InChI=1S/C25H29F3N2O/c1-4-17-7-6-10-20-22(15-30-24(17)20)21(14-23(31)29-12-11-16(2)3)18-8-5-9-19(13-18)25(26,27)28/h5-10,13,15-16,21,30H,4,11-12,14H2,1-3H3,(H,29,31). The van der Waals surface area contributed by atoms with Gasteiger partial charge < -0.3 is 10.3 Å². The number of benzene rings is 2. The Balaban J connectivity index is 2.01. The van der Waals surface area contributed by atoms with Crippen LogP contribution in [0.5, 0.6) is 0 Å². The van der Waals surface area contributed by atoms with E-state index < -0.39 is 17.7 Å². The first kappa shape index (κ1) is 22.9. The molecule has 2 N–H and O–H groups in total. The van der Waals surface area contributed by atoms with Gasteiger partial charge in [0.25, 0.3) is 0 Å². The minimum atomic E-state index is -4.43. The van der Waals surface area contributed by atoms with Gasteiger partial charge in [0, 0.05) is 36.0 Å². The highest BCUT2D eigenvalue weighted by Crippen LogP contribution is 2.37. The highest BCUT2D eigenvalue weighted by Gasteiger charge is 2.32. The van der Waals surface area contributed by atoms with Crippen molar-refractivity contribution in [1.82, 2.24) is 10.3 Å². The number of H-pyrrole nitrogens is 1. The van der Waals surface area contributed by atoms with Crippen LogP contribution in [-0.2, 0) is 17.4 Å². The first-order valence-corrected chi connectivity index (χ1v) is 10.7. The van der Waals surface area contributed by atoms with Crippen LogP contribution in [0.25, 0.3) is 10.9 Å². The third-order valence-electron chi connectivity index (χ3n) is 5.64. The maximum atomic E-state index is 13.3. The summed E-state index contributed by atoms with van der Waals surface area (Å²) in [6.45, 7) is 6.77. The molecule has 3 aromatic rings. The summed E-state index contributed by atoms with van der Waals surface area (Å²) in [5.74, 6) is -0.188. The maximum Gasteiger partial charge on any atom is 0.416 e. The molecule has 166 valence electrons. The molecule has 0 aliphatic carbocycles. The Labute approximate surface area is 181 Å². The Kier molecular flexibility index (Phi) is 7.08. The molecule has 1 unspecified atom stereocenters. The van der Waals surface area contributed by atoms with Gasteiger partial charge in [-0.05, 0) is 41.5 Å². The summed E-state index contributed by atoms with van der Waals surface area (Å²) in [5, 5.41) is 3.86. The number of aryl methyl sites for hydroxylation is 1. The minimum Gasteiger partial charge on any atom is -0.361 e. The molecule has 0 fully saturated rings. The molecule has 31 heavy (non-hydrogen) atoms. The number of aromatic nitrogens is 1. The van der Waals surface area contributed by atoms with Gasteiger partial charge in [0.2, 0.25) is 5.91 Å². The molecule has 3 rings (SSSR count). The van der Waals surface area contributed by atoms with E-state index in [1.165, 1.54) is 6.07 Å². The normalized spacial score (nSPS) is 13.0. The number of nitrogens with one attached hydrogen (secondary N) is 2. The molecule has 0 saturated carbocycles. The van der Waals surface area contributed by atoms with E-state index in [2.05, 4.69) is 31.1 Å². The summed E-state index contributed by atoms with van der Waals surface area (Å²) in [6, 6.07) is 11.2. The second-order valence-corrected chi connectivity index (χ2v) is 8.35. The van der Waals surface area contributed by atoms with Crippen LogP contribution in [-0.4, -0.2) is 17.4 Å². The number of carbonyl (C=O) groups excluding carboxylic acids is 1. The Hall–Kier alpha value is -2.76. The molecule has 6 heteroatoms. The van der Waals surface area contributed by atoms with Gasteiger partial charge in [-0.3, -0.25) is 4.79 Å². The van der Waals surface area contributed by atoms with Gasteiger partial charge in [0.05, 0.1) is 5.56 Å². The summed E-state index contributed by atoms with van der Waals surface area (Å²) in [7, 11) is 0. The lowest BCUT2D eigenvalue weighted by Crippen LogP contribution is -2.27. The monoisotopic (exact) mass is 430 g/mol. The Morgan fingerprint density at radius 2 is 1.87 bits per heavy atom. The second-order valence-electron chi connectivity index (χ2n) is 8.35. The first-order valence-electron chi connectivity index (χ1n) is 10.7. The summed E-state index contributed by atoms with van der Waals surface area (Å²) < 4.78 is 40.0. The van der Waals surface area contributed by atoms with Gasteiger partial charge in [-0.1, -0.05) is 57.2 Å². The first-order chi connectivity index (χ1) is 14.7. The molecular weight excluding hydrogens is 401 g/mol. The SMILES string of the molecule is CCc1cccc2c(C(CC(=O)NCCC(C)C)c3cccc(C(F)(F)F)c3)c[nH]c12. The number of amides is 1. The summed E-state index contributed by atoms with van der Waals surface area (Å²) >= 11 is 0. The van der Waals surface area contributed by atoms with E-state index in [0.29, 0.717) is 18.0 Å². The largest absolute Gasteiger partial charge is 0.416 e. The topological polar surface area (TPSA) is 44.9 Å². The summed E-state index contributed by atoms with van der Waals surface area (Å²) in [5.41, 5.74) is 2.72. The van der Waals surface area contributed by atoms with Crippen molar-refractivity contribution in [2.45, 2.75) is 52.1 Å². The quantitative estimate of drug-likeness (QED) is 0.425. The van der Waals surface area contributed by atoms with E-state index in [1.54, 1.807) is 6.07 Å². The van der Waals surface area contributed by atoms with Crippen molar-refractivity contribution in [2.24, 2.45) is 5.92 Å². The van der Waals surface area contributed by atoms with Gasteiger partial charge in [0.15, 0.2) is 0 Å². The molecule has 1 amide bonds. The zero-order chi connectivity index (χ0) is 22.6. The van der Waals surface area contributed by atoms with Crippen LogP contribution >= 0.6 is 0 Å². The van der Waals surface area contributed by atoms with Crippen LogP contribution in [0.1, 0.15) is 61.8 Å². The van der Waals surface area contributed by atoms with Crippen LogP contribution in [0.3, 0.4) is 0 Å². The smallest absolute Gasteiger partial charge is 0.361 e. The van der Waals surface area contributed by atoms with Gasteiger partial charge >= 0.3 is 6.18 Å². The Morgan fingerprint density at radius 1 is 1.13 bits per heavy atom. The van der Waals surface area contributed by atoms with Crippen molar-refractivity contribution in [2.75, 3.05) is 6.54 Å². The van der Waals surface area contributed by atoms with E-state index in [0.717, 1.165) is 47.0 Å². The van der Waals surface area contributed by atoms with Crippen molar-refractivity contribution in [1.29, 1.82) is 0 Å². The average molecular weight is 431 g/mol. The van der Waals surface area contributed by atoms with Gasteiger partial charge in [-0.25, -0.2) is 0 Å². The number of hydrogen-bond acceptors (Lipinski definition) is 1. The lowest BCUT2D eigenvalue weighted by Gasteiger charge is -2.19. The van der Waals surface area contributed by atoms with Crippen molar-refractivity contribution in [3.05, 3.63) is 70.9 Å². The van der Waals surface area contributed by atoms with Crippen molar-refractivity contribution < 1.29 is 18.0 Å². The number of carbonyl (C=O) groups is 1. The van der Waals surface area contributed by atoms with Gasteiger partial charge in [-0.2, -0.15) is 13.2 Å². The lowest BCUT2D eigenvalue weighted by atomic mass is 9.86. The Morgan fingerprint density at radius 3 is 2.55 bits per heavy atom. The number of rotatable bonds is 8. The van der Waals surface area contributed by atoms with Crippen LogP contribution in [0.4, 0.5) is 13.2 Å². The molecule has 3 nitrogen and oxygen atoms in total. The fraction of sp³-hybridized carbons (Fsp3) is 0.400. The summed E-state index contributed by atoms with van der Waals surface area (Å²) in [6.07, 6.45) is -0.831. The summed E-state index contributed by atoms with van der Waals surface area (Å²) in [4.78, 5) is 16.0. The highest BCUT2D eigenvalue weighted by atomic mass is 19.4. The van der Waals surface area contributed by atoms with Gasteiger partial charge in [-0.15, -0.1) is 0 Å². The van der Waals surface area contributed by atoms with Crippen molar-refractivity contribution >= 4 is 16.8 Å². The molecule has 1 heterocycles. The predicted octanol–water partition coefficient (Wildman–Crippen LogP) is 6.43. The number of halogens is 3. The third-order valence-corrected chi connectivity index (χ3v) is 5.64. The van der Waals surface area contributed by atoms with E-state index in [4.69, 9.17) is 0 Å². The zero-order valence-electron chi connectivity index (χ0n) is 18.1. The average Bonchev–Trinajstić information content (AvgIpc) is 3.15. The van der Waals surface area contributed by atoms with E-state index in [1.807, 2.05) is 24.4 Å². The highest BCUT2D eigenvalue weighted by molar-refractivity contribution is 5.88. The van der Waals surface area contributed by atoms with E-state index in [-0.39, 0.29) is 12.3 Å². The Bertz CT molecular complexity index is 1040. The minimum absolute atomic E-state index is 0.0860. The second kappa shape index (κ2) is 9.58. The predicted molar refractivity (Wildman–Crippen MR) is 118 cm³/mol. The lowest BCUT2D eigenvalue weighted by molar-refractivity contribution is -0.137. The number of hydrogen-bond donors (Lipinski definition) is 2. The molecule has 0 bridgehead atoms. The van der Waals surface area contributed by atoms with E-state index in [9.17, 15) is 18.0 Å². The fourth-order valence-electron chi connectivity index (χ4n) is 3.92. The molecule has 0 aliphatic rings. The molecular formula is C25H29F3N2O. The van der Waals surface area contributed by atoms with Crippen LogP contribution < -0.4 is 5.32 Å². The van der Waals surface area contributed by atoms with Crippen LogP contribution in [0, 0.1) is 5.92 Å². The molecule has 0 saturated heterocycles. The van der Waals surface area contributed by atoms with E-state index >= 15 is 0 Å². The van der Waals surface area contributed by atoms with Crippen LogP contribution in [0.2, 0.25) is 0 Å². The molecule has 0 spiro atoms. The van der Waals surface area contributed by atoms with Gasteiger partial charge in [0.1, 0.15) is 0 Å². The molecule has 1 aromatic heterocycles.